The van der Waals surface area contributed by atoms with E-state index in [4.69, 9.17) is 4.74 Å². The van der Waals surface area contributed by atoms with Gasteiger partial charge in [-0.05, 0) is 52.1 Å². The normalized spacial score (nSPS) is 32.1. The molecule has 0 aromatic rings. The highest BCUT2D eigenvalue weighted by molar-refractivity contribution is 5.81. The number of hydrogen-bond acceptors (Lipinski definition) is 4. The molecule has 0 bridgehead atoms. The van der Waals surface area contributed by atoms with Crippen molar-refractivity contribution in [3.63, 3.8) is 0 Å². The van der Waals surface area contributed by atoms with E-state index in [0.717, 1.165) is 25.2 Å². The summed E-state index contributed by atoms with van der Waals surface area (Å²) in [6.07, 6.45) is 8.39. The summed E-state index contributed by atoms with van der Waals surface area (Å²) in [6.45, 7) is 1.19. The van der Waals surface area contributed by atoms with Crippen LogP contribution in [0, 0.1) is 5.92 Å². The van der Waals surface area contributed by atoms with Crippen molar-refractivity contribution in [1.82, 2.24) is 10.2 Å². The fourth-order valence-corrected chi connectivity index (χ4v) is 3.85. The third kappa shape index (κ3) is 3.11. The molecule has 4 nitrogen and oxygen atoms in total. The summed E-state index contributed by atoms with van der Waals surface area (Å²) in [4.78, 5) is 14.4. The Bertz CT molecular complexity index is 315. The molecule has 0 amide bonds. The fourth-order valence-electron chi connectivity index (χ4n) is 3.85. The number of rotatable bonds is 5. The molecule has 2 unspecified atom stereocenters. The highest BCUT2D eigenvalue weighted by Crippen LogP contribution is 2.35. The molecule has 0 heterocycles. The Labute approximate surface area is 116 Å². The van der Waals surface area contributed by atoms with Gasteiger partial charge in [-0.3, -0.25) is 4.79 Å². The van der Waals surface area contributed by atoms with Crippen LogP contribution in [0.2, 0.25) is 0 Å². The SMILES string of the molecule is CNC1(C(=O)OC)CCC(N(C)CC2CCCC2)C1. The molecule has 2 aliphatic carbocycles. The second-order valence-electron chi connectivity index (χ2n) is 6.31. The molecule has 0 spiro atoms. The van der Waals surface area contributed by atoms with Gasteiger partial charge in [-0.2, -0.15) is 0 Å². The lowest BCUT2D eigenvalue weighted by Gasteiger charge is -2.30. The number of nitrogens with zero attached hydrogens (tertiary/aromatic N) is 1. The first kappa shape index (κ1) is 14.8. The molecule has 19 heavy (non-hydrogen) atoms. The third-order valence-electron chi connectivity index (χ3n) is 5.19. The number of carbonyl (C=O) groups is 1. The number of hydrogen-bond donors (Lipinski definition) is 1. The first-order valence-corrected chi connectivity index (χ1v) is 7.59. The Kier molecular flexibility index (Phi) is 4.85. The van der Waals surface area contributed by atoms with E-state index in [9.17, 15) is 4.79 Å². The molecule has 0 saturated heterocycles. The number of esters is 1. The average Bonchev–Trinajstić information content (AvgIpc) is 3.07. The lowest BCUT2D eigenvalue weighted by Crippen LogP contribution is -2.50. The number of methoxy groups -OCH3 is 1. The van der Waals surface area contributed by atoms with E-state index >= 15 is 0 Å². The van der Waals surface area contributed by atoms with Gasteiger partial charge in [0.2, 0.25) is 0 Å². The molecule has 110 valence electrons. The van der Waals surface area contributed by atoms with E-state index in [-0.39, 0.29) is 5.97 Å². The smallest absolute Gasteiger partial charge is 0.326 e. The van der Waals surface area contributed by atoms with Gasteiger partial charge in [-0.1, -0.05) is 12.8 Å². The van der Waals surface area contributed by atoms with Crippen molar-refractivity contribution < 1.29 is 9.53 Å². The molecular formula is C15H28N2O2. The Balaban J connectivity index is 1.90. The van der Waals surface area contributed by atoms with E-state index in [1.54, 1.807) is 0 Å². The number of ether oxygens (including phenoxy) is 1. The monoisotopic (exact) mass is 268 g/mol. The minimum absolute atomic E-state index is 0.105. The van der Waals surface area contributed by atoms with Gasteiger partial charge in [0.1, 0.15) is 5.54 Å². The van der Waals surface area contributed by atoms with Crippen LogP contribution in [0.5, 0.6) is 0 Å². The van der Waals surface area contributed by atoms with Crippen molar-refractivity contribution in [1.29, 1.82) is 0 Å². The molecule has 2 rings (SSSR count). The number of nitrogens with one attached hydrogen (secondary N) is 1. The first-order valence-electron chi connectivity index (χ1n) is 7.59. The molecular weight excluding hydrogens is 240 g/mol. The summed E-state index contributed by atoms with van der Waals surface area (Å²) in [5.41, 5.74) is -0.455. The summed E-state index contributed by atoms with van der Waals surface area (Å²) in [5, 5.41) is 3.21. The molecule has 0 aliphatic heterocycles. The third-order valence-corrected chi connectivity index (χ3v) is 5.19. The Hall–Kier alpha value is -0.610. The minimum atomic E-state index is -0.455. The predicted octanol–water partition coefficient (Wildman–Crippen LogP) is 1.79. The van der Waals surface area contributed by atoms with Crippen molar-refractivity contribution in [3.8, 4) is 0 Å². The molecule has 0 aromatic heterocycles. The van der Waals surface area contributed by atoms with Gasteiger partial charge in [0.05, 0.1) is 7.11 Å². The molecule has 4 heteroatoms. The van der Waals surface area contributed by atoms with Gasteiger partial charge >= 0.3 is 5.97 Å². The highest BCUT2D eigenvalue weighted by atomic mass is 16.5. The van der Waals surface area contributed by atoms with Crippen LogP contribution in [-0.4, -0.2) is 50.2 Å². The van der Waals surface area contributed by atoms with Gasteiger partial charge < -0.3 is 15.0 Å². The zero-order valence-corrected chi connectivity index (χ0v) is 12.6. The van der Waals surface area contributed by atoms with Crippen molar-refractivity contribution in [2.45, 2.75) is 56.5 Å². The molecule has 2 atom stereocenters. The Morgan fingerprint density at radius 3 is 2.63 bits per heavy atom. The first-order chi connectivity index (χ1) is 9.11. The quantitative estimate of drug-likeness (QED) is 0.772. The molecule has 2 aliphatic rings. The van der Waals surface area contributed by atoms with Gasteiger partial charge in [0.15, 0.2) is 0 Å². The summed E-state index contributed by atoms with van der Waals surface area (Å²) >= 11 is 0. The van der Waals surface area contributed by atoms with Crippen LogP contribution in [0.1, 0.15) is 44.9 Å². The fraction of sp³-hybridized carbons (Fsp3) is 0.933. The minimum Gasteiger partial charge on any atom is -0.468 e. The maximum Gasteiger partial charge on any atom is 0.326 e. The number of likely N-dealkylation sites (N-methyl/N-ethyl adjacent to an activating group) is 1. The predicted molar refractivity (Wildman–Crippen MR) is 76.0 cm³/mol. The molecule has 0 radical (unpaired) electrons. The van der Waals surface area contributed by atoms with Crippen LogP contribution in [0.4, 0.5) is 0 Å². The lowest BCUT2D eigenvalue weighted by molar-refractivity contribution is -0.148. The maximum atomic E-state index is 12.0. The highest BCUT2D eigenvalue weighted by Gasteiger charge is 2.46. The zero-order chi connectivity index (χ0) is 13.9. The molecule has 2 saturated carbocycles. The van der Waals surface area contributed by atoms with Crippen molar-refractivity contribution in [2.75, 3.05) is 27.7 Å². The summed E-state index contributed by atoms with van der Waals surface area (Å²) in [7, 11) is 5.57. The van der Waals surface area contributed by atoms with E-state index in [0.29, 0.717) is 6.04 Å². The van der Waals surface area contributed by atoms with Crippen LogP contribution < -0.4 is 5.32 Å². The van der Waals surface area contributed by atoms with Gasteiger partial charge in [-0.15, -0.1) is 0 Å². The van der Waals surface area contributed by atoms with E-state index in [1.165, 1.54) is 39.3 Å². The largest absolute Gasteiger partial charge is 0.468 e. The second kappa shape index (κ2) is 6.23. The van der Waals surface area contributed by atoms with Gasteiger partial charge in [0, 0.05) is 12.6 Å². The van der Waals surface area contributed by atoms with Crippen LogP contribution >= 0.6 is 0 Å². The Morgan fingerprint density at radius 1 is 1.37 bits per heavy atom. The van der Waals surface area contributed by atoms with E-state index in [2.05, 4.69) is 17.3 Å². The summed E-state index contributed by atoms with van der Waals surface area (Å²) in [5.74, 6) is 0.763. The molecule has 2 fully saturated rings. The molecule has 1 N–H and O–H groups in total. The van der Waals surface area contributed by atoms with Crippen molar-refractivity contribution in [3.05, 3.63) is 0 Å². The van der Waals surface area contributed by atoms with Crippen molar-refractivity contribution in [2.24, 2.45) is 5.92 Å². The number of carbonyl (C=O) groups excluding carboxylic acids is 1. The topological polar surface area (TPSA) is 41.6 Å². The zero-order valence-electron chi connectivity index (χ0n) is 12.6. The second-order valence-corrected chi connectivity index (χ2v) is 6.31. The summed E-state index contributed by atoms with van der Waals surface area (Å²) < 4.78 is 4.97. The van der Waals surface area contributed by atoms with Gasteiger partial charge in [-0.25, -0.2) is 0 Å². The van der Waals surface area contributed by atoms with Crippen LogP contribution in [0.25, 0.3) is 0 Å². The van der Waals surface area contributed by atoms with E-state index < -0.39 is 5.54 Å². The van der Waals surface area contributed by atoms with Crippen LogP contribution in [0.15, 0.2) is 0 Å². The molecule has 0 aromatic carbocycles. The van der Waals surface area contributed by atoms with Crippen LogP contribution in [0.3, 0.4) is 0 Å². The maximum absolute atomic E-state index is 12.0. The average molecular weight is 268 g/mol. The standard InChI is InChI=1S/C15H28N2O2/c1-16-15(14(18)19-3)9-8-13(10-15)17(2)11-12-6-4-5-7-12/h12-13,16H,4-11H2,1-3H3. The lowest BCUT2D eigenvalue weighted by atomic mass is 9.97. The summed E-state index contributed by atoms with van der Waals surface area (Å²) in [6, 6.07) is 0.507. The van der Waals surface area contributed by atoms with Gasteiger partial charge in [0.25, 0.3) is 0 Å². The van der Waals surface area contributed by atoms with Crippen LogP contribution in [-0.2, 0) is 9.53 Å². The van der Waals surface area contributed by atoms with Crippen molar-refractivity contribution >= 4 is 5.97 Å². The Morgan fingerprint density at radius 2 is 2.05 bits per heavy atom. The van der Waals surface area contributed by atoms with E-state index in [1.807, 2.05) is 7.05 Å².